The summed E-state index contributed by atoms with van der Waals surface area (Å²) >= 11 is 0. The monoisotopic (exact) mass is 287 g/mol. The smallest absolute Gasteiger partial charge is 0.258 e. The molecule has 1 N–H and O–H groups in total. The Hall–Kier alpha value is -3.01. The van der Waals surface area contributed by atoms with Gasteiger partial charge >= 0.3 is 0 Å². The minimum atomic E-state index is -0.102. The van der Waals surface area contributed by atoms with E-state index in [2.05, 4.69) is 21.0 Å². The highest BCUT2D eigenvalue weighted by Gasteiger charge is 2.05. The number of H-pyrrole nitrogens is 1. The lowest BCUT2D eigenvalue weighted by molar-refractivity contribution is 0.969. The Morgan fingerprint density at radius 1 is 0.955 bits per heavy atom. The Morgan fingerprint density at radius 3 is 2.64 bits per heavy atom. The van der Waals surface area contributed by atoms with Crippen molar-refractivity contribution in [1.82, 2.24) is 15.0 Å². The van der Waals surface area contributed by atoms with Gasteiger partial charge in [0.05, 0.1) is 16.4 Å². The normalized spacial score (nSPS) is 11.1. The molecule has 0 amide bonds. The van der Waals surface area contributed by atoms with Crippen LogP contribution in [0.4, 0.5) is 0 Å². The fourth-order valence-electron chi connectivity index (χ4n) is 2.63. The van der Waals surface area contributed by atoms with Gasteiger partial charge in [-0.25, -0.2) is 4.98 Å². The molecule has 2 aromatic heterocycles. The zero-order chi connectivity index (χ0) is 14.9. The molecule has 4 nitrogen and oxygen atoms in total. The standard InChI is InChI=1S/C18H13N3O/c22-18-14-6-2-4-8-16(14)20-17(21-18)10-12-9-13-5-1-3-7-15(13)19-11-12/h1-9,11H,10H2,(H,20,21,22). The number of fused-ring (bicyclic) bond motifs is 2. The second-order valence-electron chi connectivity index (χ2n) is 5.24. The van der Waals surface area contributed by atoms with Crippen molar-refractivity contribution in [3.05, 3.63) is 82.5 Å². The van der Waals surface area contributed by atoms with Crippen molar-refractivity contribution in [2.75, 3.05) is 0 Å². The molecule has 0 aliphatic rings. The molecule has 2 aromatic carbocycles. The zero-order valence-electron chi connectivity index (χ0n) is 11.8. The van der Waals surface area contributed by atoms with Gasteiger partial charge in [-0.3, -0.25) is 9.78 Å². The number of nitrogens with one attached hydrogen (secondary N) is 1. The number of nitrogens with zero attached hydrogens (tertiary/aromatic N) is 2. The molecule has 0 aliphatic carbocycles. The van der Waals surface area contributed by atoms with Crippen LogP contribution in [0.5, 0.6) is 0 Å². The lowest BCUT2D eigenvalue weighted by atomic mass is 10.1. The largest absolute Gasteiger partial charge is 0.310 e. The second-order valence-corrected chi connectivity index (χ2v) is 5.24. The maximum absolute atomic E-state index is 12.1. The van der Waals surface area contributed by atoms with Crippen LogP contribution in [0.2, 0.25) is 0 Å². The molecule has 2 heterocycles. The fourth-order valence-corrected chi connectivity index (χ4v) is 2.63. The van der Waals surface area contributed by atoms with Gasteiger partial charge in [-0.1, -0.05) is 30.3 Å². The summed E-state index contributed by atoms with van der Waals surface area (Å²) in [7, 11) is 0. The van der Waals surface area contributed by atoms with Gasteiger partial charge in [0.2, 0.25) is 0 Å². The average Bonchev–Trinajstić information content (AvgIpc) is 2.55. The highest BCUT2D eigenvalue weighted by molar-refractivity contribution is 5.79. The van der Waals surface area contributed by atoms with Crippen LogP contribution in [0.25, 0.3) is 21.8 Å². The molecule has 4 rings (SSSR count). The first-order chi connectivity index (χ1) is 10.8. The molecule has 0 unspecified atom stereocenters. The molecular formula is C18H13N3O. The number of hydrogen-bond acceptors (Lipinski definition) is 3. The van der Waals surface area contributed by atoms with Crippen molar-refractivity contribution in [1.29, 1.82) is 0 Å². The van der Waals surface area contributed by atoms with E-state index in [1.54, 1.807) is 6.07 Å². The van der Waals surface area contributed by atoms with Crippen molar-refractivity contribution in [3.63, 3.8) is 0 Å². The van der Waals surface area contributed by atoms with Crippen LogP contribution in [-0.4, -0.2) is 15.0 Å². The van der Waals surface area contributed by atoms with E-state index >= 15 is 0 Å². The van der Waals surface area contributed by atoms with E-state index in [9.17, 15) is 4.79 Å². The SMILES string of the molecule is O=c1[nH]c(Cc2cnc3ccccc3c2)nc2ccccc12. The summed E-state index contributed by atoms with van der Waals surface area (Å²) in [6, 6.07) is 17.4. The predicted molar refractivity (Wildman–Crippen MR) is 86.9 cm³/mol. The Bertz CT molecular complexity index is 1040. The van der Waals surface area contributed by atoms with E-state index in [0.29, 0.717) is 17.6 Å². The van der Waals surface area contributed by atoms with Gasteiger partial charge in [0, 0.05) is 18.0 Å². The molecule has 0 bridgehead atoms. The van der Waals surface area contributed by atoms with Crippen molar-refractivity contribution in [2.45, 2.75) is 6.42 Å². The molecule has 0 atom stereocenters. The molecule has 4 aromatic rings. The van der Waals surface area contributed by atoms with Gasteiger partial charge < -0.3 is 4.98 Å². The Morgan fingerprint density at radius 2 is 1.73 bits per heavy atom. The van der Waals surface area contributed by atoms with Crippen molar-refractivity contribution >= 4 is 21.8 Å². The Labute approximate surface area is 126 Å². The molecule has 0 radical (unpaired) electrons. The van der Waals surface area contributed by atoms with Crippen LogP contribution in [0, 0.1) is 0 Å². The van der Waals surface area contributed by atoms with E-state index in [4.69, 9.17) is 0 Å². The lowest BCUT2D eigenvalue weighted by Gasteiger charge is -2.04. The maximum Gasteiger partial charge on any atom is 0.258 e. The molecule has 0 saturated heterocycles. The van der Waals surface area contributed by atoms with Crippen LogP contribution in [-0.2, 0) is 6.42 Å². The van der Waals surface area contributed by atoms with Crippen molar-refractivity contribution in [2.24, 2.45) is 0 Å². The Kier molecular flexibility index (Phi) is 2.93. The predicted octanol–water partition coefficient (Wildman–Crippen LogP) is 3.06. The lowest BCUT2D eigenvalue weighted by Crippen LogP contribution is -2.12. The van der Waals surface area contributed by atoms with Gasteiger partial charge in [-0.05, 0) is 29.8 Å². The number of aromatic amines is 1. The Balaban J connectivity index is 1.77. The van der Waals surface area contributed by atoms with Crippen LogP contribution < -0.4 is 5.56 Å². The van der Waals surface area contributed by atoms with Crippen LogP contribution >= 0.6 is 0 Å². The van der Waals surface area contributed by atoms with E-state index in [0.717, 1.165) is 22.0 Å². The number of pyridine rings is 1. The number of para-hydroxylation sites is 2. The van der Waals surface area contributed by atoms with E-state index < -0.39 is 0 Å². The minimum Gasteiger partial charge on any atom is -0.310 e. The average molecular weight is 287 g/mol. The van der Waals surface area contributed by atoms with E-state index in [1.165, 1.54) is 0 Å². The summed E-state index contributed by atoms with van der Waals surface area (Å²) in [5, 5.41) is 1.70. The number of aromatic nitrogens is 3. The van der Waals surface area contributed by atoms with Gasteiger partial charge in [-0.15, -0.1) is 0 Å². The molecule has 0 saturated carbocycles. The number of benzene rings is 2. The topological polar surface area (TPSA) is 58.6 Å². The molecule has 0 fully saturated rings. The number of hydrogen-bond donors (Lipinski definition) is 1. The highest BCUT2D eigenvalue weighted by atomic mass is 16.1. The molecule has 0 aliphatic heterocycles. The van der Waals surface area contributed by atoms with Gasteiger partial charge in [0.1, 0.15) is 5.82 Å². The van der Waals surface area contributed by atoms with E-state index in [-0.39, 0.29) is 5.56 Å². The molecule has 0 spiro atoms. The van der Waals surface area contributed by atoms with Gasteiger partial charge in [-0.2, -0.15) is 0 Å². The molecule has 106 valence electrons. The quantitative estimate of drug-likeness (QED) is 0.616. The van der Waals surface area contributed by atoms with E-state index in [1.807, 2.05) is 48.7 Å². The third-order valence-corrected chi connectivity index (χ3v) is 3.68. The zero-order valence-corrected chi connectivity index (χ0v) is 11.8. The summed E-state index contributed by atoms with van der Waals surface area (Å²) in [4.78, 5) is 23.9. The molecule has 22 heavy (non-hydrogen) atoms. The number of rotatable bonds is 2. The van der Waals surface area contributed by atoms with Crippen molar-refractivity contribution < 1.29 is 0 Å². The molecular weight excluding hydrogens is 274 g/mol. The van der Waals surface area contributed by atoms with Gasteiger partial charge in [0.25, 0.3) is 5.56 Å². The summed E-state index contributed by atoms with van der Waals surface area (Å²) < 4.78 is 0. The second kappa shape index (κ2) is 5.07. The van der Waals surface area contributed by atoms with Crippen molar-refractivity contribution in [3.8, 4) is 0 Å². The van der Waals surface area contributed by atoms with Crippen LogP contribution in [0.1, 0.15) is 11.4 Å². The fraction of sp³-hybridized carbons (Fsp3) is 0.0556. The first kappa shape index (κ1) is 12.7. The maximum atomic E-state index is 12.1. The summed E-state index contributed by atoms with van der Waals surface area (Å²) in [6.07, 6.45) is 2.38. The van der Waals surface area contributed by atoms with Gasteiger partial charge in [0.15, 0.2) is 0 Å². The minimum absolute atomic E-state index is 0.102. The summed E-state index contributed by atoms with van der Waals surface area (Å²) in [5.74, 6) is 0.654. The third-order valence-electron chi connectivity index (χ3n) is 3.68. The summed E-state index contributed by atoms with van der Waals surface area (Å²) in [6.45, 7) is 0. The third kappa shape index (κ3) is 2.24. The summed E-state index contributed by atoms with van der Waals surface area (Å²) in [5.41, 5.74) is 2.60. The highest BCUT2D eigenvalue weighted by Crippen LogP contribution is 2.15. The first-order valence-corrected chi connectivity index (χ1v) is 7.11. The van der Waals surface area contributed by atoms with Crippen LogP contribution in [0.3, 0.4) is 0 Å². The first-order valence-electron chi connectivity index (χ1n) is 7.11. The molecule has 4 heteroatoms. The van der Waals surface area contributed by atoms with Crippen LogP contribution in [0.15, 0.2) is 65.6 Å².